The fourth-order valence-electron chi connectivity index (χ4n) is 5.54. The Balaban J connectivity index is 1.38. The number of nitrogens with zero attached hydrogens (tertiary/aromatic N) is 1. The second kappa shape index (κ2) is 11.1. The molecule has 2 aliphatic carbocycles. The Morgan fingerprint density at radius 3 is 1.90 bits per heavy atom. The number of aryl methyl sites for hydroxylation is 1. The molecule has 0 unspecified atom stereocenters. The molecular weight excluding hydrogens is 388 g/mol. The molecule has 0 heterocycles. The number of halogens is 3. The quantitative estimate of drug-likeness (QED) is 0.440. The smallest absolute Gasteiger partial charge is 0.144 e. The summed E-state index contributed by atoms with van der Waals surface area (Å²) in [5.74, 6) is 1.84. The summed E-state index contributed by atoms with van der Waals surface area (Å²) in [6.07, 6.45) is 16.7. The molecule has 1 aromatic carbocycles. The van der Waals surface area contributed by atoms with Gasteiger partial charge < -0.3 is 0 Å². The van der Waals surface area contributed by atoms with E-state index in [2.05, 4.69) is 6.08 Å². The van der Waals surface area contributed by atoms with Gasteiger partial charge in [0, 0.05) is 5.54 Å². The summed E-state index contributed by atoms with van der Waals surface area (Å²) in [6, 6.07) is 4.25. The average Bonchev–Trinajstić information content (AvgIpc) is 2.73. The molecular formula is C25H32ClF2N. The van der Waals surface area contributed by atoms with E-state index >= 15 is 0 Å². The molecule has 29 heavy (non-hydrogen) atoms. The van der Waals surface area contributed by atoms with E-state index in [-0.39, 0.29) is 0 Å². The minimum absolute atomic E-state index is 0.473. The fraction of sp³-hybridized carbons (Fsp3) is 0.640. The van der Waals surface area contributed by atoms with E-state index in [0.29, 0.717) is 17.9 Å². The van der Waals surface area contributed by atoms with Crippen molar-refractivity contribution in [3.8, 4) is 6.07 Å². The van der Waals surface area contributed by atoms with Crippen molar-refractivity contribution >= 4 is 11.6 Å². The summed E-state index contributed by atoms with van der Waals surface area (Å²) in [7, 11) is 0. The first-order valence-corrected chi connectivity index (χ1v) is 11.7. The van der Waals surface area contributed by atoms with Crippen molar-refractivity contribution in [2.45, 2.75) is 77.0 Å². The molecule has 0 N–H and O–H groups in total. The largest absolute Gasteiger partial charge is 0.205 e. The van der Waals surface area contributed by atoms with Gasteiger partial charge in [-0.3, -0.25) is 0 Å². The van der Waals surface area contributed by atoms with Crippen LogP contribution in [0.1, 0.15) is 81.8 Å². The van der Waals surface area contributed by atoms with E-state index < -0.39 is 17.2 Å². The van der Waals surface area contributed by atoms with E-state index in [0.717, 1.165) is 30.6 Å². The Morgan fingerprint density at radius 2 is 1.41 bits per heavy atom. The molecule has 0 aromatic heterocycles. The van der Waals surface area contributed by atoms with Gasteiger partial charge in [0.2, 0.25) is 0 Å². The van der Waals surface area contributed by atoms with Gasteiger partial charge in [-0.05, 0) is 92.7 Å². The maximum Gasteiger partial charge on any atom is 0.144 e. The van der Waals surface area contributed by atoms with Gasteiger partial charge in [0.1, 0.15) is 23.3 Å². The Bertz CT molecular complexity index is 700. The van der Waals surface area contributed by atoms with Crippen LogP contribution in [0, 0.1) is 46.6 Å². The fourth-order valence-corrected chi connectivity index (χ4v) is 5.67. The van der Waals surface area contributed by atoms with Gasteiger partial charge in [-0.25, -0.2) is 8.78 Å². The zero-order valence-corrected chi connectivity index (χ0v) is 17.9. The van der Waals surface area contributed by atoms with Crippen molar-refractivity contribution in [2.75, 3.05) is 0 Å². The molecule has 2 saturated carbocycles. The Labute approximate surface area is 179 Å². The second-order valence-electron chi connectivity index (χ2n) is 9.09. The van der Waals surface area contributed by atoms with E-state index in [9.17, 15) is 8.78 Å². The van der Waals surface area contributed by atoms with Gasteiger partial charge in [-0.1, -0.05) is 43.4 Å². The molecule has 3 rings (SSSR count). The summed E-state index contributed by atoms with van der Waals surface area (Å²) < 4.78 is 27.6. The standard InChI is InChI=1S/C25H32ClF2N/c26-14-2-1-3-18-6-10-21(11-7-18)22-12-8-19(9-13-22)4-5-20-15-24(27)23(17-29)25(28)16-20/h2,14-16,18-19,21-22H,1,3-13H2/b14-2+/t18-,19?,21-,22?. The van der Waals surface area contributed by atoms with Crippen LogP contribution in [0.3, 0.4) is 0 Å². The predicted octanol–water partition coefficient (Wildman–Crippen LogP) is 7.91. The van der Waals surface area contributed by atoms with Gasteiger partial charge in [0.05, 0.1) is 0 Å². The van der Waals surface area contributed by atoms with Crippen molar-refractivity contribution < 1.29 is 8.78 Å². The molecule has 1 aromatic rings. The average molecular weight is 420 g/mol. The van der Waals surface area contributed by atoms with E-state index in [1.54, 1.807) is 11.6 Å². The number of allylic oxidation sites excluding steroid dienone is 1. The van der Waals surface area contributed by atoms with Crippen LogP contribution < -0.4 is 0 Å². The zero-order chi connectivity index (χ0) is 20.6. The van der Waals surface area contributed by atoms with Crippen molar-refractivity contribution in [1.29, 1.82) is 5.26 Å². The summed E-state index contributed by atoms with van der Waals surface area (Å²) in [6.45, 7) is 0. The Morgan fingerprint density at radius 1 is 0.897 bits per heavy atom. The van der Waals surface area contributed by atoms with Crippen LogP contribution in [0.5, 0.6) is 0 Å². The van der Waals surface area contributed by atoms with Crippen LogP contribution in [-0.2, 0) is 6.42 Å². The highest BCUT2D eigenvalue weighted by Gasteiger charge is 2.30. The van der Waals surface area contributed by atoms with Crippen molar-refractivity contribution in [2.24, 2.45) is 23.7 Å². The molecule has 0 bridgehead atoms. The van der Waals surface area contributed by atoms with Crippen molar-refractivity contribution in [1.82, 2.24) is 0 Å². The lowest BCUT2D eigenvalue weighted by Crippen LogP contribution is -2.26. The maximum absolute atomic E-state index is 13.8. The number of nitriles is 1. The molecule has 0 atom stereocenters. The van der Waals surface area contributed by atoms with Crippen molar-refractivity contribution in [3.05, 3.63) is 46.5 Å². The zero-order valence-electron chi connectivity index (χ0n) is 17.2. The lowest BCUT2D eigenvalue weighted by molar-refractivity contribution is 0.141. The van der Waals surface area contributed by atoms with Gasteiger partial charge >= 0.3 is 0 Å². The Kier molecular flexibility index (Phi) is 8.54. The van der Waals surface area contributed by atoms with Gasteiger partial charge in [0.15, 0.2) is 0 Å². The summed E-state index contributed by atoms with van der Waals surface area (Å²) in [5.41, 5.74) is 1.83. The Hall–Kier alpha value is -1.40. The SMILES string of the molecule is N#Cc1c(F)cc(CCC2CCC([C@H]3CC[C@H](CC/C=C/Cl)CC3)CC2)cc1F. The molecule has 0 aliphatic heterocycles. The first-order valence-electron chi connectivity index (χ1n) is 11.2. The monoisotopic (exact) mass is 419 g/mol. The molecule has 4 heteroatoms. The van der Waals surface area contributed by atoms with Crippen LogP contribution >= 0.6 is 11.6 Å². The second-order valence-corrected chi connectivity index (χ2v) is 9.34. The van der Waals surface area contributed by atoms with Crippen molar-refractivity contribution in [3.63, 3.8) is 0 Å². The van der Waals surface area contributed by atoms with Crippen LogP contribution in [0.15, 0.2) is 23.7 Å². The third-order valence-electron chi connectivity index (χ3n) is 7.34. The number of hydrogen-bond acceptors (Lipinski definition) is 1. The molecule has 0 radical (unpaired) electrons. The van der Waals surface area contributed by atoms with Crippen LogP contribution in [0.4, 0.5) is 8.78 Å². The lowest BCUT2D eigenvalue weighted by atomic mass is 9.68. The summed E-state index contributed by atoms with van der Waals surface area (Å²) in [4.78, 5) is 0. The van der Waals surface area contributed by atoms with Crippen LogP contribution in [0.25, 0.3) is 0 Å². The minimum atomic E-state index is -0.736. The lowest BCUT2D eigenvalue weighted by Gasteiger charge is -2.38. The van der Waals surface area contributed by atoms with Gasteiger partial charge in [-0.15, -0.1) is 0 Å². The highest BCUT2D eigenvalue weighted by molar-refractivity contribution is 6.25. The van der Waals surface area contributed by atoms with E-state index in [1.165, 1.54) is 69.9 Å². The number of hydrogen-bond donors (Lipinski definition) is 0. The normalized spacial score (nSPS) is 27.8. The summed E-state index contributed by atoms with van der Waals surface area (Å²) in [5, 5.41) is 8.78. The minimum Gasteiger partial charge on any atom is -0.205 e. The third-order valence-corrected chi connectivity index (χ3v) is 7.51. The first kappa shape index (κ1) is 22.3. The predicted molar refractivity (Wildman–Crippen MR) is 115 cm³/mol. The highest BCUT2D eigenvalue weighted by atomic mass is 35.5. The number of benzene rings is 1. The van der Waals surface area contributed by atoms with E-state index in [1.807, 2.05) is 0 Å². The first-order chi connectivity index (χ1) is 14.1. The molecule has 2 aliphatic rings. The molecule has 0 amide bonds. The van der Waals surface area contributed by atoms with Gasteiger partial charge in [-0.2, -0.15) is 5.26 Å². The topological polar surface area (TPSA) is 23.8 Å². The third kappa shape index (κ3) is 6.29. The van der Waals surface area contributed by atoms with Crippen LogP contribution in [-0.4, -0.2) is 0 Å². The van der Waals surface area contributed by atoms with Gasteiger partial charge in [0.25, 0.3) is 0 Å². The molecule has 158 valence electrons. The number of rotatable bonds is 7. The van der Waals surface area contributed by atoms with E-state index in [4.69, 9.17) is 16.9 Å². The summed E-state index contributed by atoms with van der Waals surface area (Å²) >= 11 is 5.61. The molecule has 2 fully saturated rings. The van der Waals surface area contributed by atoms with Crippen LogP contribution in [0.2, 0.25) is 0 Å². The maximum atomic E-state index is 13.8. The highest BCUT2D eigenvalue weighted by Crippen LogP contribution is 2.43. The molecule has 1 nitrogen and oxygen atoms in total. The molecule has 0 saturated heterocycles. The molecule has 0 spiro atoms.